The molecule has 0 aromatic heterocycles. The van der Waals surface area contributed by atoms with Crippen LogP contribution >= 0.6 is 0 Å². The second-order valence-electron chi connectivity index (χ2n) is 6.27. The lowest BCUT2D eigenvalue weighted by Crippen LogP contribution is -2.08. The molecule has 2 aromatic carbocycles. The third-order valence-electron chi connectivity index (χ3n) is 4.34. The number of fused-ring (bicyclic) bond motifs is 2. The Morgan fingerprint density at radius 2 is 1.80 bits per heavy atom. The Labute approximate surface area is 144 Å². The van der Waals surface area contributed by atoms with E-state index in [2.05, 4.69) is 0 Å². The van der Waals surface area contributed by atoms with Gasteiger partial charge < -0.3 is 14.7 Å². The first-order valence-electron chi connectivity index (χ1n) is 8.01. The van der Waals surface area contributed by atoms with Gasteiger partial charge >= 0.3 is 0 Å². The lowest BCUT2D eigenvalue weighted by molar-refractivity contribution is 0.618. The van der Waals surface area contributed by atoms with Crippen molar-refractivity contribution in [1.82, 2.24) is 0 Å². The van der Waals surface area contributed by atoms with Gasteiger partial charge in [-0.15, -0.1) is 0 Å². The highest BCUT2D eigenvalue weighted by atomic mass is 19.1. The van der Waals surface area contributed by atoms with Crippen LogP contribution in [0.15, 0.2) is 65.1 Å². The van der Waals surface area contributed by atoms with Crippen molar-refractivity contribution in [1.29, 1.82) is 5.41 Å². The van der Waals surface area contributed by atoms with Crippen LogP contribution in [0, 0.1) is 11.2 Å². The zero-order chi connectivity index (χ0) is 17.6. The SMILES string of the molecule is CN(C)c1ccc2c(-c3cccc(F)c3)c3ccc(=N)cc-3oc2c1. The van der Waals surface area contributed by atoms with E-state index in [1.54, 1.807) is 18.2 Å². The van der Waals surface area contributed by atoms with Crippen LogP contribution < -0.4 is 10.3 Å². The van der Waals surface area contributed by atoms with Crippen LogP contribution in [0.25, 0.3) is 33.4 Å². The molecule has 1 aliphatic heterocycles. The Kier molecular flexibility index (Phi) is 3.53. The molecular weight excluding hydrogens is 315 g/mol. The summed E-state index contributed by atoms with van der Waals surface area (Å²) in [6, 6.07) is 17.8. The molecule has 1 aliphatic carbocycles. The summed E-state index contributed by atoms with van der Waals surface area (Å²) in [4.78, 5) is 2.00. The van der Waals surface area contributed by atoms with E-state index in [1.807, 2.05) is 49.3 Å². The molecule has 3 nitrogen and oxygen atoms in total. The van der Waals surface area contributed by atoms with Crippen LogP contribution in [-0.2, 0) is 0 Å². The van der Waals surface area contributed by atoms with E-state index in [1.165, 1.54) is 12.1 Å². The molecule has 4 heteroatoms. The normalized spacial score (nSPS) is 11.2. The molecule has 0 atom stereocenters. The first-order chi connectivity index (χ1) is 12.0. The van der Waals surface area contributed by atoms with Gasteiger partial charge in [-0.2, -0.15) is 0 Å². The summed E-state index contributed by atoms with van der Waals surface area (Å²) in [6.07, 6.45) is 0. The molecule has 0 unspecified atom stereocenters. The Morgan fingerprint density at radius 3 is 2.56 bits per heavy atom. The minimum Gasteiger partial charge on any atom is -0.456 e. The third-order valence-corrected chi connectivity index (χ3v) is 4.34. The van der Waals surface area contributed by atoms with E-state index in [0.29, 0.717) is 16.7 Å². The van der Waals surface area contributed by atoms with Gasteiger partial charge in [0.2, 0.25) is 0 Å². The minimum atomic E-state index is -0.276. The molecule has 0 spiro atoms. The molecule has 124 valence electrons. The van der Waals surface area contributed by atoms with Crippen molar-refractivity contribution < 1.29 is 8.81 Å². The van der Waals surface area contributed by atoms with Crippen molar-refractivity contribution in [2.75, 3.05) is 19.0 Å². The van der Waals surface area contributed by atoms with Gasteiger partial charge in [0.25, 0.3) is 0 Å². The topological polar surface area (TPSA) is 40.2 Å². The predicted molar refractivity (Wildman–Crippen MR) is 98.4 cm³/mol. The van der Waals surface area contributed by atoms with Crippen molar-refractivity contribution in [2.24, 2.45) is 0 Å². The summed E-state index contributed by atoms with van der Waals surface area (Å²) < 4.78 is 19.9. The fraction of sp³-hybridized carbons (Fsp3) is 0.0952. The summed E-state index contributed by atoms with van der Waals surface area (Å²) in [7, 11) is 3.94. The first kappa shape index (κ1) is 15.4. The fourth-order valence-electron chi connectivity index (χ4n) is 3.11. The quantitative estimate of drug-likeness (QED) is 0.531. The first-order valence-corrected chi connectivity index (χ1v) is 8.01. The lowest BCUT2D eigenvalue weighted by Gasteiger charge is -2.18. The van der Waals surface area contributed by atoms with E-state index >= 15 is 0 Å². The number of nitrogens with one attached hydrogen (secondary N) is 1. The Morgan fingerprint density at radius 1 is 0.960 bits per heavy atom. The van der Waals surface area contributed by atoms with Crippen LogP contribution in [0.2, 0.25) is 0 Å². The number of anilines is 1. The number of rotatable bonds is 2. The van der Waals surface area contributed by atoms with Crippen molar-refractivity contribution in [3.05, 3.63) is 71.8 Å². The van der Waals surface area contributed by atoms with E-state index < -0.39 is 0 Å². The standard InChI is InChI=1S/C21H17FN2O/c1-24(2)16-7-9-18-20(12-16)25-19-11-15(23)6-8-17(19)21(18)13-4-3-5-14(22)10-13/h3-12,23H,1-2H3. The van der Waals surface area contributed by atoms with Crippen molar-refractivity contribution in [3.8, 4) is 22.5 Å². The van der Waals surface area contributed by atoms with Gasteiger partial charge in [0, 0.05) is 48.4 Å². The van der Waals surface area contributed by atoms with Gasteiger partial charge in [-0.1, -0.05) is 12.1 Å². The van der Waals surface area contributed by atoms with Crippen LogP contribution in [0.4, 0.5) is 10.1 Å². The minimum absolute atomic E-state index is 0.276. The number of nitrogens with zero attached hydrogens (tertiary/aromatic N) is 1. The number of hydrogen-bond acceptors (Lipinski definition) is 3. The third kappa shape index (κ3) is 2.66. The molecule has 4 rings (SSSR count). The zero-order valence-corrected chi connectivity index (χ0v) is 14.0. The molecule has 0 fully saturated rings. The van der Waals surface area contributed by atoms with Gasteiger partial charge in [-0.05, 0) is 42.0 Å². The molecule has 0 radical (unpaired) electrons. The second-order valence-corrected chi connectivity index (χ2v) is 6.27. The van der Waals surface area contributed by atoms with Crippen LogP contribution in [0.1, 0.15) is 0 Å². The summed E-state index contributed by atoms with van der Waals surface area (Å²) in [6.45, 7) is 0. The summed E-state index contributed by atoms with van der Waals surface area (Å²) >= 11 is 0. The van der Waals surface area contributed by atoms with Gasteiger partial charge in [-0.25, -0.2) is 4.39 Å². The molecule has 25 heavy (non-hydrogen) atoms. The zero-order valence-electron chi connectivity index (χ0n) is 14.0. The average Bonchev–Trinajstić information content (AvgIpc) is 2.58. The Balaban J connectivity index is 2.15. The predicted octanol–water partition coefficient (Wildman–Crippen LogP) is 4.89. The lowest BCUT2D eigenvalue weighted by atomic mass is 9.93. The van der Waals surface area contributed by atoms with Gasteiger partial charge in [0.15, 0.2) is 0 Å². The van der Waals surface area contributed by atoms with Gasteiger partial charge in [-0.3, -0.25) is 0 Å². The Hall–Kier alpha value is -3.14. The molecule has 0 bridgehead atoms. The maximum absolute atomic E-state index is 13.8. The maximum Gasteiger partial charge on any atom is 0.137 e. The molecule has 2 aliphatic rings. The molecule has 0 saturated carbocycles. The number of hydrogen-bond donors (Lipinski definition) is 1. The molecule has 2 aromatic rings. The van der Waals surface area contributed by atoms with Crippen LogP contribution in [-0.4, -0.2) is 14.1 Å². The fourth-order valence-corrected chi connectivity index (χ4v) is 3.11. The number of benzene rings is 3. The number of halogens is 1. The van der Waals surface area contributed by atoms with E-state index in [0.717, 1.165) is 27.8 Å². The molecule has 1 N–H and O–H groups in total. The van der Waals surface area contributed by atoms with E-state index in [-0.39, 0.29) is 5.82 Å². The molecule has 0 saturated heterocycles. The highest BCUT2D eigenvalue weighted by Gasteiger charge is 2.17. The van der Waals surface area contributed by atoms with Crippen molar-refractivity contribution in [2.45, 2.75) is 0 Å². The van der Waals surface area contributed by atoms with Crippen molar-refractivity contribution in [3.63, 3.8) is 0 Å². The smallest absolute Gasteiger partial charge is 0.137 e. The van der Waals surface area contributed by atoms with Crippen LogP contribution in [0.5, 0.6) is 0 Å². The maximum atomic E-state index is 13.8. The van der Waals surface area contributed by atoms with Crippen LogP contribution in [0.3, 0.4) is 0 Å². The molecular formula is C21H17FN2O. The summed E-state index contributed by atoms with van der Waals surface area (Å²) in [5.41, 5.74) is 4.31. The summed E-state index contributed by atoms with van der Waals surface area (Å²) in [5.74, 6) is 0.344. The highest BCUT2D eigenvalue weighted by Crippen LogP contribution is 2.40. The monoisotopic (exact) mass is 332 g/mol. The largest absolute Gasteiger partial charge is 0.456 e. The molecule has 0 amide bonds. The van der Waals surface area contributed by atoms with E-state index in [9.17, 15) is 4.39 Å². The summed E-state index contributed by atoms with van der Waals surface area (Å²) in [5, 5.41) is 9.17. The van der Waals surface area contributed by atoms with Gasteiger partial charge in [0.05, 0.1) is 5.36 Å². The highest BCUT2D eigenvalue weighted by molar-refractivity contribution is 6.02. The average molecular weight is 332 g/mol. The molecule has 1 heterocycles. The van der Waals surface area contributed by atoms with Gasteiger partial charge in [0.1, 0.15) is 17.2 Å². The Bertz CT molecular complexity index is 1110. The van der Waals surface area contributed by atoms with E-state index in [4.69, 9.17) is 9.83 Å². The van der Waals surface area contributed by atoms with Crippen molar-refractivity contribution >= 4 is 16.7 Å². The second kappa shape index (κ2) is 5.74.